The van der Waals surface area contributed by atoms with E-state index in [1.165, 1.54) is 17.0 Å². The fourth-order valence-electron chi connectivity index (χ4n) is 4.26. The molecule has 1 aliphatic rings. The Balaban J connectivity index is 1.47. The molecule has 2 amide bonds. The Kier molecular flexibility index (Phi) is 6.10. The zero-order valence-corrected chi connectivity index (χ0v) is 19.3. The van der Waals surface area contributed by atoms with Crippen LogP contribution in [0, 0.1) is 5.82 Å². The van der Waals surface area contributed by atoms with Crippen LogP contribution in [0.1, 0.15) is 30.7 Å². The number of anilines is 1. The summed E-state index contributed by atoms with van der Waals surface area (Å²) in [6, 6.07) is 9.04. The molecule has 36 heavy (non-hydrogen) atoms. The number of aryl methyl sites for hydroxylation is 1. The smallest absolute Gasteiger partial charge is 0.413 e. The normalized spacial score (nSPS) is 14.4. The third kappa shape index (κ3) is 4.62. The highest BCUT2D eigenvalue weighted by molar-refractivity contribution is 5.94. The predicted molar refractivity (Wildman–Crippen MR) is 122 cm³/mol. The number of nitrogens with zero attached hydrogens (tertiary/aromatic N) is 6. The summed E-state index contributed by atoms with van der Waals surface area (Å²) in [7, 11) is 1.79. The first kappa shape index (κ1) is 23.8. The van der Waals surface area contributed by atoms with Gasteiger partial charge in [0.1, 0.15) is 5.82 Å². The van der Waals surface area contributed by atoms with Crippen molar-refractivity contribution in [2.75, 3.05) is 18.0 Å². The van der Waals surface area contributed by atoms with Gasteiger partial charge in [0.2, 0.25) is 5.89 Å². The number of hydrogen-bond acceptors (Lipinski definition) is 5. The molecule has 0 spiro atoms. The molecule has 0 radical (unpaired) electrons. The molecule has 0 unspecified atom stereocenters. The Labute approximate surface area is 203 Å². The van der Waals surface area contributed by atoms with E-state index in [4.69, 9.17) is 0 Å². The molecule has 2 aromatic heterocycles. The highest BCUT2D eigenvalue weighted by Crippen LogP contribution is 2.31. The second-order valence-corrected chi connectivity index (χ2v) is 8.64. The first-order valence-electron chi connectivity index (χ1n) is 11.4. The fourth-order valence-corrected chi connectivity index (χ4v) is 4.26. The number of rotatable bonds is 4. The number of carbonyl (C=O) groups excluding carboxylic acids is 1. The second kappa shape index (κ2) is 9.25. The highest BCUT2D eigenvalue weighted by Gasteiger charge is 2.38. The summed E-state index contributed by atoms with van der Waals surface area (Å²) in [4.78, 5) is 16.8. The Hall–Kier alpha value is -3.96. The van der Waals surface area contributed by atoms with Crippen LogP contribution in [0.15, 0.2) is 47.0 Å². The van der Waals surface area contributed by atoms with E-state index in [0.29, 0.717) is 18.8 Å². The van der Waals surface area contributed by atoms with Gasteiger partial charge in [0.25, 0.3) is 0 Å². The molecule has 0 aliphatic carbocycles. The van der Waals surface area contributed by atoms with Crippen molar-refractivity contribution in [1.29, 1.82) is 0 Å². The molecule has 1 saturated heterocycles. The van der Waals surface area contributed by atoms with Gasteiger partial charge < -0.3 is 9.32 Å². The number of piperidine rings is 1. The van der Waals surface area contributed by atoms with Crippen LogP contribution >= 0.6 is 0 Å². The molecule has 188 valence electrons. The summed E-state index contributed by atoms with van der Waals surface area (Å²) in [5.74, 6) is -2.67. The fraction of sp³-hybridized carbons (Fsp3) is 0.333. The van der Waals surface area contributed by atoms with Crippen molar-refractivity contribution in [3.8, 4) is 11.5 Å². The van der Waals surface area contributed by atoms with E-state index >= 15 is 4.39 Å². The van der Waals surface area contributed by atoms with Crippen LogP contribution < -0.4 is 4.90 Å². The third-order valence-corrected chi connectivity index (χ3v) is 6.20. The summed E-state index contributed by atoms with van der Waals surface area (Å²) in [5, 5.41) is 11.5. The van der Waals surface area contributed by atoms with Gasteiger partial charge in [-0.2, -0.15) is 18.3 Å². The lowest BCUT2D eigenvalue weighted by atomic mass is 10.1. The Bertz CT molecular complexity index is 1410. The number of urea groups is 1. The molecule has 1 aliphatic heterocycles. The zero-order valence-electron chi connectivity index (χ0n) is 19.3. The monoisotopic (exact) mass is 502 g/mol. The maximum Gasteiger partial charge on any atom is 0.470 e. The van der Waals surface area contributed by atoms with Gasteiger partial charge in [-0.3, -0.25) is 9.58 Å². The minimum absolute atomic E-state index is 0.00413. The molecule has 8 nitrogen and oxygen atoms in total. The van der Waals surface area contributed by atoms with Gasteiger partial charge in [0.15, 0.2) is 0 Å². The maximum absolute atomic E-state index is 15.1. The number of aromatic nitrogens is 4. The van der Waals surface area contributed by atoms with Gasteiger partial charge in [0, 0.05) is 42.3 Å². The molecule has 0 bridgehead atoms. The number of likely N-dealkylation sites (tertiary alicyclic amines) is 1. The quantitative estimate of drug-likeness (QED) is 0.350. The van der Waals surface area contributed by atoms with Crippen molar-refractivity contribution in [3.05, 3.63) is 59.9 Å². The Morgan fingerprint density at radius 3 is 2.56 bits per heavy atom. The highest BCUT2D eigenvalue weighted by atomic mass is 19.4. The minimum Gasteiger partial charge on any atom is -0.413 e. The molecule has 0 saturated carbocycles. The van der Waals surface area contributed by atoms with Crippen molar-refractivity contribution >= 4 is 22.6 Å². The number of benzene rings is 2. The summed E-state index contributed by atoms with van der Waals surface area (Å²) >= 11 is 0. The third-order valence-electron chi connectivity index (χ3n) is 6.20. The molecular formula is C24H22F4N6O2. The topological polar surface area (TPSA) is 80.3 Å². The average Bonchev–Trinajstić information content (AvgIpc) is 3.51. The summed E-state index contributed by atoms with van der Waals surface area (Å²) in [6.45, 7) is 1.15. The molecule has 4 aromatic rings. The van der Waals surface area contributed by atoms with E-state index in [2.05, 4.69) is 19.7 Å². The van der Waals surface area contributed by atoms with Gasteiger partial charge in [-0.05, 0) is 49.6 Å². The summed E-state index contributed by atoms with van der Waals surface area (Å²) in [5.41, 5.74) is 1.59. The molecule has 5 rings (SSSR count). The predicted octanol–water partition coefficient (Wildman–Crippen LogP) is 5.39. The van der Waals surface area contributed by atoms with Gasteiger partial charge in [0.05, 0.1) is 18.3 Å². The first-order chi connectivity index (χ1) is 17.2. The summed E-state index contributed by atoms with van der Waals surface area (Å²) < 4.78 is 59.8. The number of halogens is 4. The number of fused-ring (bicyclic) bond motifs is 1. The largest absolute Gasteiger partial charge is 0.470 e. The SMILES string of the molecule is Cn1ncc2ccc(N(Cc3ccc(-c4nnc(C(F)(F)F)o4)cc3F)C(=O)N3CCCCC3)cc21. The molecule has 0 N–H and O–H groups in total. The van der Waals surface area contributed by atoms with Gasteiger partial charge in [-0.25, -0.2) is 9.18 Å². The van der Waals surface area contributed by atoms with Gasteiger partial charge >= 0.3 is 18.1 Å². The molecule has 12 heteroatoms. The van der Waals surface area contributed by atoms with E-state index in [0.717, 1.165) is 36.2 Å². The lowest BCUT2D eigenvalue weighted by molar-refractivity contribution is -0.156. The van der Waals surface area contributed by atoms with Crippen LogP contribution in [-0.4, -0.2) is 44.0 Å². The molecule has 3 heterocycles. The zero-order chi connectivity index (χ0) is 25.4. The lowest BCUT2D eigenvalue weighted by Gasteiger charge is -2.33. The number of amides is 2. The number of hydrogen-bond donors (Lipinski definition) is 0. The second-order valence-electron chi connectivity index (χ2n) is 8.64. The Morgan fingerprint density at radius 2 is 1.86 bits per heavy atom. The number of carbonyl (C=O) groups is 1. The molecular weight excluding hydrogens is 480 g/mol. The summed E-state index contributed by atoms with van der Waals surface area (Å²) in [6.07, 6.45) is -0.238. The number of alkyl halides is 3. The van der Waals surface area contributed by atoms with Crippen molar-refractivity contribution in [3.63, 3.8) is 0 Å². The van der Waals surface area contributed by atoms with Crippen LogP contribution in [0.3, 0.4) is 0 Å². The van der Waals surface area contributed by atoms with Crippen LogP contribution in [-0.2, 0) is 19.8 Å². The maximum atomic E-state index is 15.1. The Morgan fingerprint density at radius 1 is 1.08 bits per heavy atom. The van der Waals surface area contributed by atoms with E-state index < -0.39 is 23.8 Å². The van der Waals surface area contributed by atoms with Crippen molar-refractivity contribution < 1.29 is 26.8 Å². The molecule has 0 atom stereocenters. The minimum atomic E-state index is -4.80. The van der Waals surface area contributed by atoms with E-state index in [1.54, 1.807) is 28.9 Å². The molecule has 1 fully saturated rings. The van der Waals surface area contributed by atoms with Gasteiger partial charge in [-0.15, -0.1) is 10.2 Å². The van der Waals surface area contributed by atoms with E-state index in [9.17, 15) is 18.0 Å². The van der Waals surface area contributed by atoms with E-state index in [1.807, 2.05) is 12.1 Å². The van der Waals surface area contributed by atoms with E-state index in [-0.39, 0.29) is 23.7 Å². The first-order valence-corrected chi connectivity index (χ1v) is 11.4. The van der Waals surface area contributed by atoms with Crippen molar-refractivity contribution in [2.45, 2.75) is 32.0 Å². The standard InChI is InChI=1S/C24H22F4N6O2/c1-32-20-12-18(8-7-16(20)13-29-32)34(23(35)33-9-3-2-4-10-33)14-17-6-5-15(11-19(17)25)21-30-31-22(36-21)24(26,27)28/h5-8,11-13H,2-4,9-10,14H2,1H3. The van der Waals surface area contributed by atoms with Gasteiger partial charge in [-0.1, -0.05) is 6.07 Å². The van der Waals surface area contributed by atoms with Crippen LogP contribution in [0.5, 0.6) is 0 Å². The van der Waals surface area contributed by atoms with Crippen molar-refractivity contribution in [1.82, 2.24) is 24.9 Å². The van der Waals surface area contributed by atoms with Crippen molar-refractivity contribution in [2.24, 2.45) is 7.05 Å². The van der Waals surface area contributed by atoms with Crippen LogP contribution in [0.4, 0.5) is 28.0 Å². The van der Waals surface area contributed by atoms with Crippen LogP contribution in [0.25, 0.3) is 22.4 Å². The lowest BCUT2D eigenvalue weighted by Crippen LogP contribution is -2.45. The average molecular weight is 502 g/mol. The molecule has 2 aromatic carbocycles. The van der Waals surface area contributed by atoms with Crippen LogP contribution in [0.2, 0.25) is 0 Å².